The molecule has 1 heterocycles. The number of hydrogen-bond acceptors (Lipinski definition) is 3. The molecule has 26 heavy (non-hydrogen) atoms. The summed E-state index contributed by atoms with van der Waals surface area (Å²) in [6.45, 7) is 6.09. The molecule has 0 bridgehead atoms. The molecule has 1 N–H and O–H groups in total. The number of piperidine rings is 1. The van der Waals surface area contributed by atoms with Crippen LogP contribution in [0.1, 0.15) is 41.3 Å². The Morgan fingerprint density at radius 1 is 1.12 bits per heavy atom. The molecule has 0 spiro atoms. The third kappa shape index (κ3) is 4.85. The van der Waals surface area contributed by atoms with Gasteiger partial charge in [0.15, 0.2) is 0 Å². The maximum absolute atomic E-state index is 12.4. The van der Waals surface area contributed by atoms with Gasteiger partial charge in [0.2, 0.25) is 0 Å². The lowest BCUT2D eigenvalue weighted by molar-refractivity contribution is 0.0950. The van der Waals surface area contributed by atoms with E-state index < -0.39 is 0 Å². The first-order valence-electron chi connectivity index (χ1n) is 9.37. The van der Waals surface area contributed by atoms with Crippen molar-refractivity contribution in [3.63, 3.8) is 0 Å². The molecule has 1 amide bonds. The summed E-state index contributed by atoms with van der Waals surface area (Å²) < 4.78 is 5.32. The topological polar surface area (TPSA) is 41.6 Å². The van der Waals surface area contributed by atoms with E-state index in [1.807, 2.05) is 36.4 Å². The second kappa shape index (κ2) is 8.86. The molecule has 1 aliphatic rings. The zero-order valence-corrected chi connectivity index (χ0v) is 15.7. The molecule has 4 nitrogen and oxygen atoms in total. The SMILES string of the molecule is COc1ccccc1CNC(=O)c1ccc(CN2CCC(C)CC2)cc1. The predicted molar refractivity (Wildman–Crippen MR) is 104 cm³/mol. The van der Waals surface area contributed by atoms with E-state index in [2.05, 4.69) is 29.3 Å². The fourth-order valence-corrected chi connectivity index (χ4v) is 3.37. The number of rotatable bonds is 6. The zero-order chi connectivity index (χ0) is 18.4. The van der Waals surface area contributed by atoms with Crippen molar-refractivity contribution in [1.82, 2.24) is 10.2 Å². The van der Waals surface area contributed by atoms with E-state index in [0.29, 0.717) is 12.1 Å². The van der Waals surface area contributed by atoms with E-state index in [-0.39, 0.29) is 5.91 Å². The van der Waals surface area contributed by atoms with Gasteiger partial charge in [-0.15, -0.1) is 0 Å². The predicted octanol–water partition coefficient (Wildman–Crippen LogP) is 3.86. The van der Waals surface area contributed by atoms with Gasteiger partial charge in [0, 0.05) is 24.2 Å². The average Bonchev–Trinajstić information content (AvgIpc) is 2.68. The van der Waals surface area contributed by atoms with Crippen LogP contribution in [0, 0.1) is 5.92 Å². The van der Waals surface area contributed by atoms with Gasteiger partial charge in [0.05, 0.1) is 7.11 Å². The van der Waals surface area contributed by atoms with E-state index in [0.717, 1.165) is 23.8 Å². The molecule has 1 aliphatic heterocycles. The van der Waals surface area contributed by atoms with Gasteiger partial charge in [-0.25, -0.2) is 0 Å². The van der Waals surface area contributed by atoms with Gasteiger partial charge in [-0.3, -0.25) is 9.69 Å². The quantitative estimate of drug-likeness (QED) is 0.858. The van der Waals surface area contributed by atoms with Crippen LogP contribution in [0.4, 0.5) is 0 Å². The standard InChI is InChI=1S/C22H28N2O2/c1-17-11-13-24(14-12-17)16-18-7-9-19(10-8-18)22(25)23-15-20-5-3-4-6-21(20)26-2/h3-10,17H,11-16H2,1-2H3,(H,23,25). The van der Waals surface area contributed by atoms with Crippen LogP contribution in [0.15, 0.2) is 48.5 Å². The maximum Gasteiger partial charge on any atom is 0.251 e. The number of carbonyl (C=O) groups is 1. The average molecular weight is 352 g/mol. The number of nitrogens with one attached hydrogen (secondary N) is 1. The zero-order valence-electron chi connectivity index (χ0n) is 15.7. The molecule has 0 saturated carbocycles. The van der Waals surface area contributed by atoms with Crippen molar-refractivity contribution in [2.45, 2.75) is 32.9 Å². The van der Waals surface area contributed by atoms with Gasteiger partial charge in [-0.1, -0.05) is 37.3 Å². The maximum atomic E-state index is 12.4. The molecule has 2 aromatic carbocycles. The Morgan fingerprint density at radius 2 is 1.81 bits per heavy atom. The van der Waals surface area contributed by atoms with Gasteiger partial charge < -0.3 is 10.1 Å². The van der Waals surface area contributed by atoms with Crippen LogP contribution in [0.3, 0.4) is 0 Å². The largest absolute Gasteiger partial charge is 0.496 e. The van der Waals surface area contributed by atoms with Gasteiger partial charge in [-0.2, -0.15) is 0 Å². The Hall–Kier alpha value is -2.33. The van der Waals surface area contributed by atoms with Crippen molar-refractivity contribution in [2.75, 3.05) is 20.2 Å². The Labute approximate surface area is 156 Å². The number of ether oxygens (including phenoxy) is 1. The lowest BCUT2D eigenvalue weighted by Gasteiger charge is -2.30. The van der Waals surface area contributed by atoms with E-state index in [4.69, 9.17) is 4.74 Å². The lowest BCUT2D eigenvalue weighted by atomic mass is 9.99. The highest BCUT2D eigenvalue weighted by Crippen LogP contribution is 2.19. The Kier molecular flexibility index (Phi) is 6.29. The Morgan fingerprint density at radius 3 is 2.50 bits per heavy atom. The van der Waals surface area contributed by atoms with Crippen LogP contribution < -0.4 is 10.1 Å². The number of nitrogens with zero attached hydrogens (tertiary/aromatic N) is 1. The fraction of sp³-hybridized carbons (Fsp3) is 0.409. The number of likely N-dealkylation sites (tertiary alicyclic amines) is 1. The molecule has 0 unspecified atom stereocenters. The molecule has 4 heteroatoms. The van der Waals surface area contributed by atoms with Crippen LogP contribution in [0.25, 0.3) is 0 Å². The third-order valence-electron chi connectivity index (χ3n) is 5.13. The molecule has 1 saturated heterocycles. The Balaban J connectivity index is 1.53. The normalized spacial score (nSPS) is 15.6. The summed E-state index contributed by atoms with van der Waals surface area (Å²) >= 11 is 0. The summed E-state index contributed by atoms with van der Waals surface area (Å²) in [6, 6.07) is 15.7. The first-order valence-corrected chi connectivity index (χ1v) is 9.37. The molecule has 2 aromatic rings. The summed E-state index contributed by atoms with van der Waals surface area (Å²) in [5, 5.41) is 2.97. The Bertz CT molecular complexity index is 719. The molecule has 3 rings (SSSR count). The van der Waals surface area contributed by atoms with Crippen LogP contribution in [0.5, 0.6) is 5.75 Å². The summed E-state index contributed by atoms with van der Waals surface area (Å²) in [7, 11) is 1.64. The summed E-state index contributed by atoms with van der Waals surface area (Å²) in [6.07, 6.45) is 2.56. The summed E-state index contributed by atoms with van der Waals surface area (Å²) in [5.41, 5.74) is 2.93. The number of amides is 1. The van der Waals surface area contributed by atoms with Crippen molar-refractivity contribution in [2.24, 2.45) is 5.92 Å². The van der Waals surface area contributed by atoms with E-state index in [1.165, 1.54) is 31.5 Å². The van der Waals surface area contributed by atoms with Crippen molar-refractivity contribution >= 4 is 5.91 Å². The summed E-state index contributed by atoms with van der Waals surface area (Å²) in [4.78, 5) is 14.9. The van der Waals surface area contributed by atoms with Crippen molar-refractivity contribution in [3.8, 4) is 5.75 Å². The molecular formula is C22H28N2O2. The second-order valence-corrected chi connectivity index (χ2v) is 7.15. The molecule has 0 radical (unpaired) electrons. The highest BCUT2D eigenvalue weighted by Gasteiger charge is 2.15. The van der Waals surface area contributed by atoms with E-state index >= 15 is 0 Å². The minimum atomic E-state index is -0.0609. The lowest BCUT2D eigenvalue weighted by Crippen LogP contribution is -2.32. The van der Waals surface area contributed by atoms with Crippen molar-refractivity contribution in [1.29, 1.82) is 0 Å². The van der Waals surface area contributed by atoms with Gasteiger partial charge in [-0.05, 0) is 55.6 Å². The molecule has 138 valence electrons. The monoisotopic (exact) mass is 352 g/mol. The minimum absolute atomic E-state index is 0.0609. The third-order valence-corrected chi connectivity index (χ3v) is 5.13. The molecule has 0 aromatic heterocycles. The number of benzene rings is 2. The molecule has 0 atom stereocenters. The highest BCUT2D eigenvalue weighted by atomic mass is 16.5. The van der Waals surface area contributed by atoms with Crippen molar-refractivity contribution < 1.29 is 9.53 Å². The molecular weight excluding hydrogens is 324 g/mol. The number of methoxy groups -OCH3 is 1. The second-order valence-electron chi connectivity index (χ2n) is 7.15. The summed E-state index contributed by atoms with van der Waals surface area (Å²) in [5.74, 6) is 1.58. The smallest absolute Gasteiger partial charge is 0.251 e. The van der Waals surface area contributed by atoms with Crippen LogP contribution in [0.2, 0.25) is 0 Å². The minimum Gasteiger partial charge on any atom is -0.496 e. The van der Waals surface area contributed by atoms with E-state index in [9.17, 15) is 4.79 Å². The highest BCUT2D eigenvalue weighted by molar-refractivity contribution is 5.94. The van der Waals surface area contributed by atoms with Crippen molar-refractivity contribution in [3.05, 3.63) is 65.2 Å². The van der Waals surface area contributed by atoms with Gasteiger partial charge in [0.25, 0.3) is 5.91 Å². The molecule has 0 aliphatic carbocycles. The van der Waals surface area contributed by atoms with Crippen LogP contribution in [-0.2, 0) is 13.1 Å². The first kappa shape index (κ1) is 18.5. The fourth-order valence-electron chi connectivity index (χ4n) is 3.37. The number of para-hydroxylation sites is 1. The van der Waals surface area contributed by atoms with Gasteiger partial charge in [0.1, 0.15) is 5.75 Å². The number of hydrogen-bond donors (Lipinski definition) is 1. The number of carbonyl (C=O) groups excluding carboxylic acids is 1. The molecule has 1 fully saturated rings. The van der Waals surface area contributed by atoms with Crippen LogP contribution in [-0.4, -0.2) is 31.0 Å². The van der Waals surface area contributed by atoms with Crippen LogP contribution >= 0.6 is 0 Å². The van der Waals surface area contributed by atoms with Gasteiger partial charge >= 0.3 is 0 Å². The first-order chi connectivity index (χ1) is 12.7. The van der Waals surface area contributed by atoms with E-state index in [1.54, 1.807) is 7.11 Å².